The van der Waals surface area contributed by atoms with E-state index in [-0.39, 0.29) is 0 Å². The van der Waals surface area contributed by atoms with E-state index in [0.717, 1.165) is 15.7 Å². The summed E-state index contributed by atoms with van der Waals surface area (Å²) in [5.41, 5.74) is 8.28. The zero-order valence-electron chi connectivity index (χ0n) is 8.52. The first-order valence-electron chi connectivity index (χ1n) is 4.80. The molecule has 0 saturated heterocycles. The normalized spacial score (nSPS) is 10.0. The fraction of sp³-hybridized carbons (Fsp3) is 0.0833. The van der Waals surface area contributed by atoms with E-state index < -0.39 is 0 Å². The molecule has 0 atom stereocenters. The van der Waals surface area contributed by atoms with Crippen molar-refractivity contribution in [2.24, 2.45) is 0 Å². The van der Waals surface area contributed by atoms with E-state index in [2.05, 4.69) is 22.0 Å². The Kier molecular flexibility index (Phi) is 2.97. The Morgan fingerprint density at radius 2 is 2.19 bits per heavy atom. The molecule has 2 N–H and O–H groups in total. The van der Waals surface area contributed by atoms with Crippen LogP contribution in [0.1, 0.15) is 11.3 Å². The maximum Gasteiger partial charge on any atom is 0.120 e. The van der Waals surface area contributed by atoms with Crippen molar-refractivity contribution in [3.63, 3.8) is 0 Å². The molecule has 0 amide bonds. The molecule has 80 valence electrons. The van der Waals surface area contributed by atoms with Gasteiger partial charge in [0, 0.05) is 16.4 Å². The van der Waals surface area contributed by atoms with Crippen molar-refractivity contribution in [1.82, 2.24) is 4.57 Å². The Balaban J connectivity index is 2.31. The van der Waals surface area contributed by atoms with Gasteiger partial charge in [0.05, 0.1) is 6.54 Å². The molecule has 3 nitrogen and oxygen atoms in total. The van der Waals surface area contributed by atoms with E-state index in [1.165, 1.54) is 0 Å². The molecule has 2 aromatic rings. The van der Waals surface area contributed by atoms with E-state index in [9.17, 15) is 0 Å². The quantitative estimate of drug-likeness (QED) is 0.857. The second-order valence-electron chi connectivity index (χ2n) is 3.48. The van der Waals surface area contributed by atoms with Crippen LogP contribution in [0.2, 0.25) is 0 Å². The molecule has 1 heterocycles. The Labute approximate surface area is 102 Å². The highest BCUT2D eigenvalue weighted by Gasteiger charge is 2.03. The first-order valence-corrected chi connectivity index (χ1v) is 5.59. The van der Waals surface area contributed by atoms with Gasteiger partial charge in [-0.1, -0.05) is 22.0 Å². The zero-order valence-corrected chi connectivity index (χ0v) is 10.1. The second kappa shape index (κ2) is 4.42. The molecule has 4 heteroatoms. The predicted molar refractivity (Wildman–Crippen MR) is 66.8 cm³/mol. The van der Waals surface area contributed by atoms with Crippen LogP contribution >= 0.6 is 15.9 Å². The lowest BCUT2D eigenvalue weighted by atomic mass is 10.2. The Bertz CT molecular complexity index is 552. The molecule has 0 aliphatic rings. The summed E-state index contributed by atoms with van der Waals surface area (Å²) in [6, 6.07) is 11.6. The number of nitrogens with two attached hydrogens (primary N) is 1. The number of halogens is 1. The fourth-order valence-corrected chi connectivity index (χ4v) is 1.93. The SMILES string of the molecule is N#Cc1cccn1Cc1ccc(Br)cc1N. The summed E-state index contributed by atoms with van der Waals surface area (Å²) < 4.78 is 2.83. The summed E-state index contributed by atoms with van der Waals surface area (Å²) in [6.45, 7) is 0.620. The summed E-state index contributed by atoms with van der Waals surface area (Å²) in [5.74, 6) is 0. The number of nitriles is 1. The molecule has 0 spiro atoms. The van der Waals surface area contributed by atoms with Crippen molar-refractivity contribution in [2.75, 3.05) is 5.73 Å². The number of anilines is 1. The van der Waals surface area contributed by atoms with Gasteiger partial charge in [0.1, 0.15) is 11.8 Å². The van der Waals surface area contributed by atoms with Crippen LogP contribution in [-0.4, -0.2) is 4.57 Å². The molecule has 16 heavy (non-hydrogen) atoms. The van der Waals surface area contributed by atoms with Gasteiger partial charge < -0.3 is 10.3 Å². The van der Waals surface area contributed by atoms with Crippen LogP contribution in [0.5, 0.6) is 0 Å². The van der Waals surface area contributed by atoms with Gasteiger partial charge in [0.2, 0.25) is 0 Å². The molecule has 0 aliphatic heterocycles. The molecule has 2 rings (SSSR count). The van der Waals surface area contributed by atoms with Crippen molar-refractivity contribution in [2.45, 2.75) is 6.54 Å². The molecule has 0 radical (unpaired) electrons. The minimum absolute atomic E-state index is 0.620. The van der Waals surface area contributed by atoms with Gasteiger partial charge in [0.15, 0.2) is 0 Å². The van der Waals surface area contributed by atoms with Gasteiger partial charge in [-0.15, -0.1) is 0 Å². The molecule has 0 saturated carbocycles. The van der Waals surface area contributed by atoms with Crippen molar-refractivity contribution in [3.05, 3.63) is 52.3 Å². The first-order chi connectivity index (χ1) is 7.70. The average Bonchev–Trinajstić information content (AvgIpc) is 2.69. The van der Waals surface area contributed by atoms with E-state index in [1.54, 1.807) is 6.07 Å². The molecule has 1 aromatic heterocycles. The molecule has 0 bridgehead atoms. The third-order valence-electron chi connectivity index (χ3n) is 2.39. The standard InChI is InChI=1S/C12H10BrN3/c13-10-4-3-9(12(15)6-10)8-16-5-1-2-11(16)7-14/h1-6H,8,15H2. The maximum absolute atomic E-state index is 8.89. The summed E-state index contributed by atoms with van der Waals surface area (Å²) >= 11 is 3.36. The highest BCUT2D eigenvalue weighted by molar-refractivity contribution is 9.10. The topological polar surface area (TPSA) is 54.7 Å². The van der Waals surface area contributed by atoms with Gasteiger partial charge in [-0.2, -0.15) is 5.26 Å². The molecule has 1 aromatic carbocycles. The van der Waals surface area contributed by atoms with Crippen LogP contribution in [-0.2, 0) is 6.54 Å². The van der Waals surface area contributed by atoms with Gasteiger partial charge in [-0.3, -0.25) is 0 Å². The van der Waals surface area contributed by atoms with Gasteiger partial charge >= 0.3 is 0 Å². The highest BCUT2D eigenvalue weighted by Crippen LogP contribution is 2.20. The summed E-state index contributed by atoms with van der Waals surface area (Å²) in [6.07, 6.45) is 1.88. The number of rotatable bonds is 2. The minimum atomic E-state index is 0.620. The van der Waals surface area contributed by atoms with Gasteiger partial charge in [-0.05, 0) is 29.8 Å². The van der Waals surface area contributed by atoms with Crippen molar-refractivity contribution < 1.29 is 0 Å². The Morgan fingerprint density at radius 1 is 1.38 bits per heavy atom. The first kappa shape index (κ1) is 10.8. The maximum atomic E-state index is 8.89. The van der Waals surface area contributed by atoms with Crippen LogP contribution in [0.15, 0.2) is 41.0 Å². The van der Waals surface area contributed by atoms with Crippen molar-refractivity contribution >= 4 is 21.6 Å². The molecular formula is C12H10BrN3. The number of nitrogens with zero attached hydrogens (tertiary/aromatic N) is 2. The number of hydrogen-bond acceptors (Lipinski definition) is 2. The smallest absolute Gasteiger partial charge is 0.120 e. The largest absolute Gasteiger partial charge is 0.398 e. The third kappa shape index (κ3) is 2.10. The van der Waals surface area contributed by atoms with Crippen LogP contribution in [0.3, 0.4) is 0 Å². The van der Waals surface area contributed by atoms with E-state index in [1.807, 2.05) is 35.0 Å². The van der Waals surface area contributed by atoms with Crippen LogP contribution in [0, 0.1) is 11.3 Å². The minimum Gasteiger partial charge on any atom is -0.398 e. The molecule has 0 fully saturated rings. The highest BCUT2D eigenvalue weighted by atomic mass is 79.9. The Morgan fingerprint density at radius 3 is 2.88 bits per heavy atom. The summed E-state index contributed by atoms with van der Waals surface area (Å²) in [7, 11) is 0. The monoisotopic (exact) mass is 275 g/mol. The second-order valence-corrected chi connectivity index (χ2v) is 4.39. The van der Waals surface area contributed by atoms with Gasteiger partial charge in [-0.25, -0.2) is 0 Å². The fourth-order valence-electron chi connectivity index (χ4n) is 1.55. The number of hydrogen-bond donors (Lipinski definition) is 1. The van der Waals surface area contributed by atoms with Gasteiger partial charge in [0.25, 0.3) is 0 Å². The van der Waals surface area contributed by atoms with Crippen molar-refractivity contribution in [3.8, 4) is 6.07 Å². The molecule has 0 unspecified atom stereocenters. The number of benzene rings is 1. The lowest BCUT2D eigenvalue weighted by Crippen LogP contribution is -2.03. The average molecular weight is 276 g/mol. The van der Waals surface area contributed by atoms with E-state index in [4.69, 9.17) is 11.0 Å². The number of aromatic nitrogens is 1. The predicted octanol–water partition coefficient (Wildman–Crippen LogP) is 2.75. The van der Waals surface area contributed by atoms with Crippen LogP contribution in [0.25, 0.3) is 0 Å². The zero-order chi connectivity index (χ0) is 11.5. The third-order valence-corrected chi connectivity index (χ3v) is 2.89. The molecule has 0 aliphatic carbocycles. The lowest BCUT2D eigenvalue weighted by molar-refractivity contribution is 0.795. The Hall–Kier alpha value is -1.73. The summed E-state index contributed by atoms with van der Waals surface area (Å²) in [4.78, 5) is 0. The lowest BCUT2D eigenvalue weighted by Gasteiger charge is -2.08. The van der Waals surface area contributed by atoms with Crippen LogP contribution < -0.4 is 5.73 Å². The van der Waals surface area contributed by atoms with E-state index in [0.29, 0.717) is 12.2 Å². The van der Waals surface area contributed by atoms with Crippen molar-refractivity contribution in [1.29, 1.82) is 5.26 Å². The van der Waals surface area contributed by atoms with Crippen LogP contribution in [0.4, 0.5) is 5.69 Å². The summed E-state index contributed by atoms with van der Waals surface area (Å²) in [5, 5.41) is 8.89. The number of nitrogen functional groups attached to an aromatic ring is 1. The molecular weight excluding hydrogens is 266 g/mol. The van der Waals surface area contributed by atoms with E-state index >= 15 is 0 Å².